The molecule has 1 aromatic rings. The fraction of sp³-hybridized carbons (Fsp3) is 0.462. The van der Waals surface area contributed by atoms with E-state index in [1.807, 2.05) is 6.92 Å². The smallest absolute Gasteiger partial charge is 0.255 e. The van der Waals surface area contributed by atoms with Crippen LogP contribution in [0.15, 0.2) is 18.2 Å². The molecule has 0 saturated heterocycles. The monoisotopic (exact) mass is 252 g/mol. The lowest BCUT2D eigenvalue weighted by atomic mass is 10.1. The van der Waals surface area contributed by atoms with Gasteiger partial charge in [0.25, 0.3) is 5.91 Å². The summed E-state index contributed by atoms with van der Waals surface area (Å²) < 4.78 is 4.95. The number of carbonyl (C=O) groups is 1. The van der Waals surface area contributed by atoms with Crippen LogP contribution in [0.5, 0.6) is 11.5 Å². The largest absolute Gasteiger partial charge is 0.507 e. The van der Waals surface area contributed by atoms with Crippen molar-refractivity contribution in [2.45, 2.75) is 25.8 Å². The zero-order chi connectivity index (χ0) is 13.5. The van der Waals surface area contributed by atoms with Gasteiger partial charge in [-0.2, -0.15) is 0 Å². The Morgan fingerprint density at radius 1 is 1.56 bits per heavy atom. The molecule has 4 N–H and O–H groups in total. The fourth-order valence-electron chi connectivity index (χ4n) is 1.62. The average molecular weight is 252 g/mol. The van der Waals surface area contributed by atoms with Crippen molar-refractivity contribution in [1.82, 2.24) is 5.32 Å². The summed E-state index contributed by atoms with van der Waals surface area (Å²) in [6, 6.07) is 4.50. The highest BCUT2D eigenvalue weighted by atomic mass is 16.5. The van der Waals surface area contributed by atoms with Crippen LogP contribution < -0.4 is 15.8 Å². The lowest BCUT2D eigenvalue weighted by Crippen LogP contribution is -2.37. The molecule has 1 amide bonds. The first-order valence-corrected chi connectivity index (χ1v) is 5.99. The van der Waals surface area contributed by atoms with E-state index in [2.05, 4.69) is 5.32 Å². The van der Waals surface area contributed by atoms with Gasteiger partial charge in [0, 0.05) is 18.7 Å². The van der Waals surface area contributed by atoms with Gasteiger partial charge in [-0.05, 0) is 18.6 Å². The van der Waals surface area contributed by atoms with Crippen molar-refractivity contribution in [1.29, 1.82) is 0 Å². The number of nitrogens with two attached hydrogens (primary N) is 1. The summed E-state index contributed by atoms with van der Waals surface area (Å²) in [6.45, 7) is 2.44. The highest BCUT2D eigenvalue weighted by Crippen LogP contribution is 2.23. The molecule has 0 heterocycles. The second-order valence-electron chi connectivity index (χ2n) is 4.14. The van der Waals surface area contributed by atoms with E-state index in [0.717, 1.165) is 12.8 Å². The van der Waals surface area contributed by atoms with Crippen LogP contribution in [0, 0.1) is 0 Å². The van der Waals surface area contributed by atoms with Crippen LogP contribution in [0.3, 0.4) is 0 Å². The first kappa shape index (κ1) is 14.3. The number of nitrogens with one attached hydrogen (secondary N) is 1. The van der Waals surface area contributed by atoms with Crippen molar-refractivity contribution < 1.29 is 14.6 Å². The number of hydrogen-bond donors (Lipinski definition) is 3. The summed E-state index contributed by atoms with van der Waals surface area (Å²) in [5.74, 6) is 0.0735. The highest BCUT2D eigenvalue weighted by Gasteiger charge is 2.12. The number of phenolic OH excluding ortho intramolecular Hbond substituents is 1. The van der Waals surface area contributed by atoms with Gasteiger partial charge in [0.05, 0.1) is 12.7 Å². The molecule has 0 aliphatic rings. The van der Waals surface area contributed by atoms with E-state index in [4.69, 9.17) is 10.5 Å². The Kier molecular flexibility index (Phi) is 5.45. The number of rotatable bonds is 6. The molecule has 1 rings (SSSR count). The Morgan fingerprint density at radius 3 is 2.83 bits per heavy atom. The second-order valence-corrected chi connectivity index (χ2v) is 4.14. The van der Waals surface area contributed by atoms with Crippen LogP contribution in [0.2, 0.25) is 0 Å². The molecule has 1 atom stereocenters. The van der Waals surface area contributed by atoms with E-state index in [1.54, 1.807) is 6.07 Å². The van der Waals surface area contributed by atoms with Crippen molar-refractivity contribution in [3.8, 4) is 11.5 Å². The van der Waals surface area contributed by atoms with Crippen LogP contribution in [0.1, 0.15) is 30.1 Å². The van der Waals surface area contributed by atoms with Gasteiger partial charge in [0.2, 0.25) is 0 Å². The molecule has 100 valence electrons. The Balaban J connectivity index is 2.61. The molecule has 0 saturated carbocycles. The lowest BCUT2D eigenvalue weighted by molar-refractivity contribution is 0.0948. The van der Waals surface area contributed by atoms with Gasteiger partial charge in [-0.15, -0.1) is 0 Å². The lowest BCUT2D eigenvalue weighted by Gasteiger charge is -2.12. The molecule has 5 heteroatoms. The Labute approximate surface area is 107 Å². The molecular formula is C13H20N2O3. The van der Waals surface area contributed by atoms with Gasteiger partial charge < -0.3 is 20.9 Å². The number of hydrogen-bond acceptors (Lipinski definition) is 4. The number of aromatic hydroxyl groups is 1. The van der Waals surface area contributed by atoms with Crippen molar-refractivity contribution in [3.05, 3.63) is 23.8 Å². The normalized spacial score (nSPS) is 11.9. The maximum absolute atomic E-state index is 11.8. The molecule has 18 heavy (non-hydrogen) atoms. The fourth-order valence-corrected chi connectivity index (χ4v) is 1.62. The molecule has 0 spiro atoms. The number of carbonyl (C=O) groups excluding carboxylic acids is 1. The van der Waals surface area contributed by atoms with E-state index in [-0.39, 0.29) is 23.3 Å². The molecule has 0 aliphatic heterocycles. The van der Waals surface area contributed by atoms with E-state index in [1.165, 1.54) is 19.2 Å². The van der Waals surface area contributed by atoms with Gasteiger partial charge in [0.15, 0.2) is 0 Å². The third-order valence-electron chi connectivity index (χ3n) is 2.63. The van der Waals surface area contributed by atoms with E-state index in [9.17, 15) is 9.90 Å². The molecule has 0 fully saturated rings. The summed E-state index contributed by atoms with van der Waals surface area (Å²) in [7, 11) is 1.50. The predicted molar refractivity (Wildman–Crippen MR) is 69.9 cm³/mol. The molecule has 0 aliphatic carbocycles. The maximum Gasteiger partial charge on any atom is 0.255 e. The zero-order valence-corrected chi connectivity index (χ0v) is 10.8. The number of amides is 1. The van der Waals surface area contributed by atoms with Crippen molar-refractivity contribution in [2.75, 3.05) is 13.7 Å². The minimum atomic E-state index is -0.332. The highest BCUT2D eigenvalue weighted by molar-refractivity contribution is 5.97. The van der Waals surface area contributed by atoms with Gasteiger partial charge in [-0.25, -0.2) is 0 Å². The van der Waals surface area contributed by atoms with Crippen LogP contribution in [-0.4, -0.2) is 30.7 Å². The molecule has 1 aromatic carbocycles. The van der Waals surface area contributed by atoms with Crippen molar-refractivity contribution in [2.24, 2.45) is 5.73 Å². The third kappa shape index (κ3) is 3.92. The molecule has 0 radical (unpaired) electrons. The van der Waals surface area contributed by atoms with Gasteiger partial charge in [-0.3, -0.25) is 4.79 Å². The minimum absolute atomic E-state index is 0.0562. The first-order valence-electron chi connectivity index (χ1n) is 5.99. The SMILES string of the molecule is CCCC(N)CNC(=O)c1ccc(OC)cc1O. The Hall–Kier alpha value is -1.75. The van der Waals surface area contributed by atoms with Crippen molar-refractivity contribution >= 4 is 5.91 Å². The second kappa shape index (κ2) is 6.86. The van der Waals surface area contributed by atoms with Crippen LogP contribution >= 0.6 is 0 Å². The van der Waals surface area contributed by atoms with E-state index >= 15 is 0 Å². The first-order chi connectivity index (χ1) is 8.58. The molecule has 5 nitrogen and oxygen atoms in total. The van der Waals surface area contributed by atoms with Crippen molar-refractivity contribution in [3.63, 3.8) is 0 Å². The number of ether oxygens (including phenoxy) is 1. The maximum atomic E-state index is 11.8. The number of phenols is 1. The van der Waals surface area contributed by atoms with Crippen LogP contribution in [0.4, 0.5) is 0 Å². The standard InChI is InChI=1S/C13H20N2O3/c1-3-4-9(14)8-15-13(17)11-6-5-10(18-2)7-12(11)16/h5-7,9,16H,3-4,8,14H2,1-2H3,(H,15,17). The summed E-state index contributed by atoms with van der Waals surface area (Å²) in [4.78, 5) is 11.8. The van der Waals surface area contributed by atoms with E-state index in [0.29, 0.717) is 12.3 Å². The Morgan fingerprint density at radius 2 is 2.28 bits per heavy atom. The third-order valence-corrected chi connectivity index (χ3v) is 2.63. The summed E-state index contributed by atoms with van der Waals surface area (Å²) >= 11 is 0. The number of methoxy groups -OCH3 is 1. The molecule has 1 unspecified atom stereocenters. The van der Waals surface area contributed by atoms with Crippen LogP contribution in [-0.2, 0) is 0 Å². The summed E-state index contributed by atoms with van der Waals surface area (Å²) in [5, 5.41) is 12.4. The Bertz CT molecular complexity index is 407. The predicted octanol–water partition coefficient (Wildman–Crippen LogP) is 1.26. The minimum Gasteiger partial charge on any atom is -0.507 e. The molecular weight excluding hydrogens is 232 g/mol. The van der Waals surface area contributed by atoms with E-state index < -0.39 is 0 Å². The summed E-state index contributed by atoms with van der Waals surface area (Å²) in [5.41, 5.74) is 6.02. The zero-order valence-electron chi connectivity index (χ0n) is 10.8. The number of benzene rings is 1. The van der Waals surface area contributed by atoms with Gasteiger partial charge >= 0.3 is 0 Å². The average Bonchev–Trinajstić information content (AvgIpc) is 2.36. The quantitative estimate of drug-likeness (QED) is 0.711. The van der Waals surface area contributed by atoms with Crippen LogP contribution in [0.25, 0.3) is 0 Å². The molecule has 0 aromatic heterocycles. The van der Waals surface area contributed by atoms with Gasteiger partial charge in [0.1, 0.15) is 11.5 Å². The topological polar surface area (TPSA) is 84.6 Å². The summed E-state index contributed by atoms with van der Waals surface area (Å²) in [6.07, 6.45) is 1.83. The molecule has 0 bridgehead atoms. The van der Waals surface area contributed by atoms with Gasteiger partial charge in [-0.1, -0.05) is 13.3 Å².